The molecule has 0 radical (unpaired) electrons. The highest BCUT2D eigenvalue weighted by atomic mass is 35.5. The van der Waals surface area contributed by atoms with Gasteiger partial charge in [0, 0.05) is 23.4 Å². The normalized spacial score (nSPS) is 17.0. The highest BCUT2D eigenvalue weighted by Crippen LogP contribution is 2.28. The van der Waals surface area contributed by atoms with Crippen LogP contribution in [0.2, 0.25) is 10.0 Å². The Balaban J connectivity index is 1.62. The van der Waals surface area contributed by atoms with Crippen LogP contribution in [0, 0.1) is 6.92 Å². The van der Waals surface area contributed by atoms with Gasteiger partial charge in [-0.1, -0.05) is 77.4 Å². The number of nitrogens with zero attached hydrogens (tertiary/aromatic N) is 3. The Morgan fingerprint density at radius 1 is 1.09 bits per heavy atom. The Morgan fingerprint density at radius 2 is 1.79 bits per heavy atom. The van der Waals surface area contributed by atoms with Crippen molar-refractivity contribution in [3.63, 3.8) is 0 Å². The van der Waals surface area contributed by atoms with Crippen molar-refractivity contribution < 1.29 is 13.2 Å². The molecule has 10 heteroatoms. The zero-order chi connectivity index (χ0) is 24.3. The minimum Gasteiger partial charge on any atom is -0.329 e. The molecule has 1 aromatic heterocycles. The summed E-state index contributed by atoms with van der Waals surface area (Å²) in [4.78, 5) is 23.9. The van der Waals surface area contributed by atoms with Gasteiger partial charge in [0.15, 0.2) is 20.7 Å². The van der Waals surface area contributed by atoms with E-state index in [9.17, 15) is 13.2 Å². The summed E-state index contributed by atoms with van der Waals surface area (Å²) >= 11 is 14.1. The first-order valence-corrected chi connectivity index (χ1v) is 14.2. The van der Waals surface area contributed by atoms with E-state index in [-0.39, 0.29) is 28.8 Å². The van der Waals surface area contributed by atoms with E-state index in [1.165, 1.54) is 22.9 Å². The maximum Gasteiger partial charge on any atom is 0.274 e. The lowest BCUT2D eigenvalue weighted by molar-refractivity contribution is 0.0674. The third-order valence-electron chi connectivity index (χ3n) is 5.75. The summed E-state index contributed by atoms with van der Waals surface area (Å²) in [6.45, 7) is 2.19. The number of rotatable bonds is 7. The molecule has 0 aliphatic carbocycles. The molecule has 4 rings (SSSR count). The summed E-state index contributed by atoms with van der Waals surface area (Å²) in [7, 11) is -3.22. The molecule has 0 spiro atoms. The summed E-state index contributed by atoms with van der Waals surface area (Å²) < 4.78 is 24.3. The van der Waals surface area contributed by atoms with Gasteiger partial charge in [0.25, 0.3) is 5.91 Å². The first-order valence-electron chi connectivity index (χ1n) is 10.7. The largest absolute Gasteiger partial charge is 0.329 e. The predicted octanol–water partition coefficient (Wildman–Crippen LogP) is 5.21. The van der Waals surface area contributed by atoms with Crippen LogP contribution in [-0.2, 0) is 22.1 Å². The lowest BCUT2D eigenvalue weighted by Gasteiger charge is -2.28. The van der Waals surface area contributed by atoms with Gasteiger partial charge < -0.3 is 4.90 Å². The van der Waals surface area contributed by atoms with E-state index in [0.29, 0.717) is 22.4 Å². The molecule has 0 N–H and O–H groups in total. The Kier molecular flexibility index (Phi) is 7.82. The number of aromatic nitrogens is 2. The van der Waals surface area contributed by atoms with Gasteiger partial charge in [0.2, 0.25) is 0 Å². The second-order valence-electron chi connectivity index (χ2n) is 8.15. The van der Waals surface area contributed by atoms with E-state index in [4.69, 9.17) is 23.2 Å². The molecule has 1 amide bonds. The second-order valence-corrected chi connectivity index (χ2v) is 12.1. The number of hydrogen-bond acceptors (Lipinski definition) is 6. The van der Waals surface area contributed by atoms with Gasteiger partial charge in [0.05, 0.1) is 22.7 Å². The van der Waals surface area contributed by atoms with Crippen LogP contribution in [-0.4, -0.2) is 46.7 Å². The van der Waals surface area contributed by atoms with Crippen molar-refractivity contribution in [3.05, 3.63) is 87.2 Å². The molecule has 1 atom stereocenters. The van der Waals surface area contributed by atoms with Crippen molar-refractivity contribution in [3.8, 4) is 0 Å². The SMILES string of the molecule is Cc1ccccc1CSc1ncc(Cl)c(C(=O)N(Cc2ccccc2Cl)C2CCS(=O)(=O)C2)n1. The average Bonchev–Trinajstić information content (AvgIpc) is 3.17. The number of halogens is 2. The quantitative estimate of drug-likeness (QED) is 0.305. The van der Waals surface area contributed by atoms with Crippen LogP contribution in [0.4, 0.5) is 0 Å². The third-order valence-corrected chi connectivity index (χ3v) is 9.06. The number of sulfone groups is 1. The van der Waals surface area contributed by atoms with Gasteiger partial charge in [-0.25, -0.2) is 18.4 Å². The number of carbonyl (C=O) groups excluding carboxylic acids is 1. The first-order chi connectivity index (χ1) is 16.2. The fourth-order valence-electron chi connectivity index (χ4n) is 3.82. The number of carbonyl (C=O) groups is 1. The van der Waals surface area contributed by atoms with Crippen LogP contribution >= 0.6 is 35.0 Å². The summed E-state index contributed by atoms with van der Waals surface area (Å²) in [6, 6.07) is 14.7. The van der Waals surface area contributed by atoms with E-state index in [0.717, 1.165) is 16.7 Å². The lowest BCUT2D eigenvalue weighted by Crippen LogP contribution is -2.41. The number of amides is 1. The predicted molar refractivity (Wildman–Crippen MR) is 136 cm³/mol. The molecule has 1 unspecified atom stereocenters. The Bertz CT molecular complexity index is 1320. The molecule has 178 valence electrons. The van der Waals surface area contributed by atoms with Crippen molar-refractivity contribution in [2.24, 2.45) is 0 Å². The van der Waals surface area contributed by atoms with Crippen LogP contribution in [0.1, 0.15) is 33.6 Å². The molecule has 0 bridgehead atoms. The zero-order valence-corrected chi connectivity index (χ0v) is 21.6. The highest BCUT2D eigenvalue weighted by molar-refractivity contribution is 7.98. The van der Waals surface area contributed by atoms with E-state index < -0.39 is 21.8 Å². The Morgan fingerprint density at radius 3 is 2.47 bits per heavy atom. The fraction of sp³-hybridized carbons (Fsp3) is 0.292. The average molecular weight is 537 g/mol. The van der Waals surface area contributed by atoms with Crippen molar-refractivity contribution in [1.29, 1.82) is 0 Å². The molecular formula is C24H23Cl2N3O3S2. The Labute approximate surface area is 213 Å². The number of hydrogen-bond donors (Lipinski definition) is 0. The van der Waals surface area contributed by atoms with Gasteiger partial charge in [-0.3, -0.25) is 4.79 Å². The fourth-order valence-corrected chi connectivity index (χ4v) is 6.81. The molecule has 34 heavy (non-hydrogen) atoms. The number of benzene rings is 2. The van der Waals surface area contributed by atoms with Gasteiger partial charge in [-0.2, -0.15) is 0 Å². The molecule has 1 fully saturated rings. The third kappa shape index (κ3) is 5.92. The summed E-state index contributed by atoms with van der Waals surface area (Å²) in [6.07, 6.45) is 1.77. The summed E-state index contributed by atoms with van der Waals surface area (Å²) in [5, 5.41) is 1.05. The van der Waals surface area contributed by atoms with Crippen LogP contribution in [0.3, 0.4) is 0 Å². The number of aryl methyl sites for hydroxylation is 1. The van der Waals surface area contributed by atoms with Gasteiger partial charge in [-0.05, 0) is 36.1 Å². The van der Waals surface area contributed by atoms with Crippen LogP contribution in [0.5, 0.6) is 0 Å². The molecule has 0 saturated carbocycles. The van der Waals surface area contributed by atoms with E-state index >= 15 is 0 Å². The molecule has 1 aliphatic heterocycles. The molecule has 2 aromatic carbocycles. The smallest absolute Gasteiger partial charge is 0.274 e. The van der Waals surface area contributed by atoms with Gasteiger partial charge in [0.1, 0.15) is 0 Å². The van der Waals surface area contributed by atoms with Crippen molar-refractivity contribution in [2.45, 2.75) is 36.8 Å². The molecule has 6 nitrogen and oxygen atoms in total. The molecule has 2 heterocycles. The standard InChI is InChI=1S/C24H23Cl2N3O3S2/c1-16-6-2-3-8-18(16)14-33-24-27-12-21(26)22(28-24)23(30)29(19-10-11-34(31,32)15-19)13-17-7-4-5-9-20(17)25/h2-9,12,19H,10-11,13-15H2,1H3. The van der Waals surface area contributed by atoms with Gasteiger partial charge in [-0.15, -0.1) is 0 Å². The molecular weight excluding hydrogens is 513 g/mol. The lowest BCUT2D eigenvalue weighted by atomic mass is 10.1. The highest BCUT2D eigenvalue weighted by Gasteiger charge is 2.36. The maximum atomic E-state index is 13.7. The summed E-state index contributed by atoms with van der Waals surface area (Å²) in [5.41, 5.74) is 3.09. The van der Waals surface area contributed by atoms with E-state index in [1.807, 2.05) is 43.3 Å². The zero-order valence-electron chi connectivity index (χ0n) is 18.4. The van der Waals surface area contributed by atoms with Crippen molar-refractivity contribution in [1.82, 2.24) is 14.9 Å². The van der Waals surface area contributed by atoms with E-state index in [2.05, 4.69) is 9.97 Å². The topological polar surface area (TPSA) is 80.2 Å². The van der Waals surface area contributed by atoms with Crippen LogP contribution in [0.15, 0.2) is 59.9 Å². The number of thioether (sulfide) groups is 1. The van der Waals surface area contributed by atoms with Crippen LogP contribution < -0.4 is 0 Å². The summed E-state index contributed by atoms with van der Waals surface area (Å²) in [5.74, 6) is 0.151. The van der Waals surface area contributed by atoms with E-state index in [1.54, 1.807) is 12.1 Å². The molecule has 3 aromatic rings. The maximum absolute atomic E-state index is 13.7. The minimum absolute atomic E-state index is 0.0407. The van der Waals surface area contributed by atoms with Gasteiger partial charge >= 0.3 is 0 Å². The Hall–Kier alpha value is -2.13. The van der Waals surface area contributed by atoms with Crippen molar-refractivity contribution in [2.75, 3.05) is 11.5 Å². The van der Waals surface area contributed by atoms with Crippen LogP contribution in [0.25, 0.3) is 0 Å². The minimum atomic E-state index is -3.22. The monoisotopic (exact) mass is 535 g/mol. The molecule has 1 saturated heterocycles. The second kappa shape index (κ2) is 10.6. The van der Waals surface area contributed by atoms with Crippen molar-refractivity contribution >= 4 is 50.7 Å². The first kappa shape index (κ1) is 25.0. The molecule has 1 aliphatic rings.